The third-order valence-corrected chi connectivity index (χ3v) is 6.49. The topological polar surface area (TPSA) is 70.1 Å². The lowest BCUT2D eigenvalue weighted by atomic mass is 9.83. The molecule has 0 bridgehead atoms. The van der Waals surface area contributed by atoms with Crippen LogP contribution in [-0.4, -0.2) is 43.7 Å². The molecule has 0 saturated heterocycles. The van der Waals surface area contributed by atoms with Gasteiger partial charge in [0, 0.05) is 31.5 Å². The highest BCUT2D eigenvalue weighted by Gasteiger charge is 2.34. The van der Waals surface area contributed by atoms with Gasteiger partial charge in [-0.05, 0) is 71.5 Å². The summed E-state index contributed by atoms with van der Waals surface area (Å²) in [5.41, 5.74) is 5.30. The van der Waals surface area contributed by atoms with Crippen molar-refractivity contribution in [2.45, 2.75) is 25.4 Å². The number of esters is 1. The number of pyridine rings is 1. The average Bonchev–Trinajstić information content (AvgIpc) is 2.86. The normalized spacial score (nSPS) is 16.8. The summed E-state index contributed by atoms with van der Waals surface area (Å²) < 4.78 is 22.3. The molecule has 3 heterocycles. The van der Waals surface area contributed by atoms with Gasteiger partial charge < -0.3 is 18.9 Å². The Kier molecular flexibility index (Phi) is 5.64. The van der Waals surface area contributed by atoms with Crippen molar-refractivity contribution in [1.29, 1.82) is 0 Å². The molecule has 3 aromatic rings. The zero-order chi connectivity index (χ0) is 22.9. The fourth-order valence-corrected chi connectivity index (χ4v) is 4.80. The van der Waals surface area contributed by atoms with Crippen LogP contribution >= 0.6 is 0 Å². The van der Waals surface area contributed by atoms with Crippen molar-refractivity contribution >= 4 is 5.97 Å². The Hall–Kier alpha value is -3.58. The molecule has 0 aliphatic carbocycles. The second-order valence-electron chi connectivity index (χ2n) is 8.25. The lowest BCUT2D eigenvalue weighted by Gasteiger charge is -2.41. The summed E-state index contributed by atoms with van der Waals surface area (Å²) in [6.45, 7) is 1.72. The Morgan fingerprint density at radius 3 is 2.36 bits per heavy atom. The van der Waals surface area contributed by atoms with E-state index in [1.54, 1.807) is 39.7 Å². The highest BCUT2D eigenvalue weighted by molar-refractivity contribution is 5.91. The number of rotatable bonds is 5. The maximum absolute atomic E-state index is 12.6. The summed E-state index contributed by atoms with van der Waals surface area (Å²) in [4.78, 5) is 19.0. The van der Waals surface area contributed by atoms with Gasteiger partial charge in [-0.3, -0.25) is 9.88 Å². The van der Waals surface area contributed by atoms with Gasteiger partial charge in [-0.1, -0.05) is 0 Å². The molecule has 33 heavy (non-hydrogen) atoms. The maximum atomic E-state index is 12.6. The Balaban J connectivity index is 1.46. The number of hydrogen-bond acceptors (Lipinski definition) is 7. The van der Waals surface area contributed by atoms with Gasteiger partial charge in [0.25, 0.3) is 0 Å². The number of aromatic nitrogens is 1. The molecular weight excluding hydrogens is 420 g/mol. The summed E-state index contributed by atoms with van der Waals surface area (Å²) in [5, 5.41) is 0. The molecule has 2 aliphatic rings. The van der Waals surface area contributed by atoms with Crippen molar-refractivity contribution in [2.75, 3.05) is 27.9 Å². The summed E-state index contributed by atoms with van der Waals surface area (Å²) >= 11 is 0. The van der Waals surface area contributed by atoms with E-state index in [0.717, 1.165) is 43.0 Å². The Labute approximate surface area is 192 Å². The SMILES string of the molecule is COc1cc2c(cc1OC)C1Cc3cc(OC)c(OC(=O)c4cccnc4)cc3CN1CC2. The number of ether oxygens (including phenoxy) is 4. The molecule has 1 aromatic heterocycles. The summed E-state index contributed by atoms with van der Waals surface area (Å²) in [5.74, 6) is 2.03. The largest absolute Gasteiger partial charge is 0.493 e. The fourth-order valence-electron chi connectivity index (χ4n) is 4.80. The predicted octanol–water partition coefficient (Wildman–Crippen LogP) is 3.98. The maximum Gasteiger partial charge on any atom is 0.345 e. The van der Waals surface area contributed by atoms with Crippen molar-refractivity contribution in [3.8, 4) is 23.0 Å². The van der Waals surface area contributed by atoms with Gasteiger partial charge >= 0.3 is 5.97 Å². The van der Waals surface area contributed by atoms with Crippen molar-refractivity contribution < 1.29 is 23.7 Å². The van der Waals surface area contributed by atoms with Crippen LogP contribution in [0.25, 0.3) is 0 Å². The zero-order valence-electron chi connectivity index (χ0n) is 19.0. The molecule has 0 N–H and O–H groups in total. The van der Waals surface area contributed by atoms with E-state index < -0.39 is 5.97 Å². The first-order valence-corrected chi connectivity index (χ1v) is 10.9. The fraction of sp³-hybridized carbons (Fsp3) is 0.308. The number of nitrogens with zero attached hydrogens (tertiary/aromatic N) is 2. The minimum Gasteiger partial charge on any atom is -0.493 e. The molecule has 0 fully saturated rings. The molecule has 5 rings (SSSR count). The highest BCUT2D eigenvalue weighted by Crippen LogP contribution is 2.44. The number of hydrogen-bond donors (Lipinski definition) is 0. The molecule has 1 atom stereocenters. The Morgan fingerprint density at radius 1 is 0.939 bits per heavy atom. The van der Waals surface area contributed by atoms with E-state index in [4.69, 9.17) is 18.9 Å². The zero-order valence-corrected chi connectivity index (χ0v) is 19.0. The quantitative estimate of drug-likeness (QED) is 0.434. The molecule has 170 valence electrons. The first kappa shape index (κ1) is 21.3. The lowest BCUT2D eigenvalue weighted by Crippen LogP contribution is -2.39. The molecule has 0 amide bonds. The van der Waals surface area contributed by atoms with Gasteiger partial charge in [-0.2, -0.15) is 0 Å². The van der Waals surface area contributed by atoms with Crippen molar-refractivity contribution in [2.24, 2.45) is 0 Å². The molecule has 0 saturated carbocycles. The standard InChI is InChI=1S/C26H26N2O5/c1-30-22-10-16-6-8-28-15-19-12-25(33-26(29)17-5-4-7-27-14-17)23(31-2)11-18(19)9-21(28)20(16)13-24(22)32-3/h4-5,7,10-14,21H,6,8-9,15H2,1-3H3. The van der Waals surface area contributed by atoms with Gasteiger partial charge in [0.2, 0.25) is 0 Å². The second kappa shape index (κ2) is 8.75. The molecule has 7 heteroatoms. The van der Waals surface area contributed by atoms with Crippen LogP contribution in [0.15, 0.2) is 48.8 Å². The second-order valence-corrected chi connectivity index (χ2v) is 8.25. The Morgan fingerprint density at radius 2 is 1.64 bits per heavy atom. The van der Waals surface area contributed by atoms with E-state index in [-0.39, 0.29) is 6.04 Å². The van der Waals surface area contributed by atoms with Crippen molar-refractivity contribution in [3.05, 3.63) is 76.6 Å². The van der Waals surface area contributed by atoms with E-state index in [1.165, 1.54) is 22.9 Å². The Bertz CT molecular complexity index is 1200. The van der Waals surface area contributed by atoms with Crippen LogP contribution in [0.4, 0.5) is 0 Å². The van der Waals surface area contributed by atoms with Crippen LogP contribution in [-0.2, 0) is 19.4 Å². The van der Waals surface area contributed by atoms with Gasteiger partial charge in [0.1, 0.15) is 0 Å². The number of benzene rings is 2. The van der Waals surface area contributed by atoms with E-state index >= 15 is 0 Å². The molecule has 7 nitrogen and oxygen atoms in total. The molecule has 0 spiro atoms. The predicted molar refractivity (Wildman–Crippen MR) is 122 cm³/mol. The van der Waals surface area contributed by atoms with Gasteiger partial charge in [0.05, 0.1) is 26.9 Å². The van der Waals surface area contributed by atoms with E-state index in [1.807, 2.05) is 12.1 Å². The molecular formula is C26H26N2O5. The van der Waals surface area contributed by atoms with E-state index in [2.05, 4.69) is 22.0 Å². The van der Waals surface area contributed by atoms with Gasteiger partial charge in [-0.15, -0.1) is 0 Å². The number of carbonyl (C=O) groups is 1. The highest BCUT2D eigenvalue weighted by atomic mass is 16.6. The molecule has 1 unspecified atom stereocenters. The smallest absolute Gasteiger partial charge is 0.345 e. The average molecular weight is 447 g/mol. The molecule has 0 radical (unpaired) electrons. The first-order valence-electron chi connectivity index (χ1n) is 10.9. The van der Waals surface area contributed by atoms with Gasteiger partial charge in [0.15, 0.2) is 23.0 Å². The lowest BCUT2D eigenvalue weighted by molar-refractivity contribution is 0.0728. The summed E-state index contributed by atoms with van der Waals surface area (Å²) in [7, 11) is 4.92. The van der Waals surface area contributed by atoms with Gasteiger partial charge in [-0.25, -0.2) is 4.79 Å². The number of methoxy groups -OCH3 is 3. The summed E-state index contributed by atoms with van der Waals surface area (Å²) in [6.07, 6.45) is 4.90. The van der Waals surface area contributed by atoms with Crippen LogP contribution in [0.2, 0.25) is 0 Å². The van der Waals surface area contributed by atoms with E-state index in [9.17, 15) is 4.79 Å². The van der Waals surface area contributed by atoms with Crippen LogP contribution in [0.1, 0.15) is 38.7 Å². The minimum atomic E-state index is -0.456. The number of fused-ring (bicyclic) bond motifs is 4. The minimum absolute atomic E-state index is 0.245. The van der Waals surface area contributed by atoms with Crippen LogP contribution in [0.5, 0.6) is 23.0 Å². The van der Waals surface area contributed by atoms with Crippen molar-refractivity contribution in [1.82, 2.24) is 9.88 Å². The monoisotopic (exact) mass is 446 g/mol. The first-order chi connectivity index (χ1) is 16.1. The molecule has 2 aromatic carbocycles. The van der Waals surface area contributed by atoms with Crippen LogP contribution in [0.3, 0.4) is 0 Å². The van der Waals surface area contributed by atoms with E-state index in [0.29, 0.717) is 17.1 Å². The third-order valence-electron chi connectivity index (χ3n) is 6.49. The third kappa shape index (κ3) is 3.89. The summed E-state index contributed by atoms with van der Waals surface area (Å²) in [6, 6.07) is 11.8. The molecule has 2 aliphatic heterocycles. The van der Waals surface area contributed by atoms with Crippen LogP contribution in [0, 0.1) is 0 Å². The number of carbonyl (C=O) groups excluding carboxylic acids is 1. The van der Waals surface area contributed by atoms with Crippen molar-refractivity contribution in [3.63, 3.8) is 0 Å². The van der Waals surface area contributed by atoms with Crippen LogP contribution < -0.4 is 18.9 Å².